The molecule has 1 saturated carbocycles. The van der Waals surface area contributed by atoms with Gasteiger partial charge in [-0.15, -0.1) is 0 Å². The number of benzene rings is 1. The minimum atomic E-state index is -0.546. The quantitative estimate of drug-likeness (QED) is 0.654. The van der Waals surface area contributed by atoms with E-state index in [1.54, 1.807) is 19.5 Å². The van der Waals surface area contributed by atoms with Crippen LogP contribution < -0.4 is 20.8 Å². The van der Waals surface area contributed by atoms with E-state index in [1.165, 1.54) is 0 Å². The van der Waals surface area contributed by atoms with E-state index in [-0.39, 0.29) is 29.1 Å². The number of carbonyl (C=O) groups excluding carboxylic acids is 2. The number of ether oxygens (including phenoxy) is 1. The van der Waals surface area contributed by atoms with Gasteiger partial charge in [0.05, 0.1) is 13.2 Å². The Hall–Kier alpha value is -3.09. The van der Waals surface area contributed by atoms with Gasteiger partial charge in [-0.2, -0.15) is 0 Å². The van der Waals surface area contributed by atoms with E-state index in [0.717, 1.165) is 31.2 Å². The van der Waals surface area contributed by atoms with Gasteiger partial charge in [-0.05, 0) is 43.4 Å². The predicted octanol–water partition coefficient (Wildman–Crippen LogP) is 3.85. The average Bonchev–Trinajstić information content (AvgIpc) is 3.32. The van der Waals surface area contributed by atoms with Crippen molar-refractivity contribution in [3.63, 3.8) is 0 Å². The van der Waals surface area contributed by atoms with Crippen molar-refractivity contribution in [3.05, 3.63) is 63.6 Å². The van der Waals surface area contributed by atoms with E-state index in [4.69, 9.17) is 4.74 Å². The molecule has 2 N–H and O–H groups in total. The van der Waals surface area contributed by atoms with Gasteiger partial charge in [-0.3, -0.25) is 14.4 Å². The minimum Gasteiger partial charge on any atom is -0.497 e. The molecule has 1 aromatic heterocycles. The highest BCUT2D eigenvalue weighted by Crippen LogP contribution is 2.29. The minimum absolute atomic E-state index is 0.0103. The van der Waals surface area contributed by atoms with Crippen LogP contribution >= 0.6 is 0 Å². The number of pyridine rings is 1. The third kappa shape index (κ3) is 5.58. The first-order chi connectivity index (χ1) is 15.3. The van der Waals surface area contributed by atoms with Crippen LogP contribution in [0.3, 0.4) is 0 Å². The SMILES string of the molecule is COc1cccc([C@@H](C)NC(=O)c2cn(C3CCCC3)cc(C(=O)NCC(C)C)c2=O)c1. The summed E-state index contributed by atoms with van der Waals surface area (Å²) >= 11 is 0. The van der Waals surface area contributed by atoms with Crippen LogP contribution in [0.5, 0.6) is 5.75 Å². The summed E-state index contributed by atoms with van der Waals surface area (Å²) in [6.07, 6.45) is 7.34. The van der Waals surface area contributed by atoms with Crippen molar-refractivity contribution in [3.8, 4) is 5.75 Å². The summed E-state index contributed by atoms with van der Waals surface area (Å²) in [4.78, 5) is 39.0. The molecule has 2 amide bonds. The van der Waals surface area contributed by atoms with Crippen LogP contribution in [-0.2, 0) is 0 Å². The van der Waals surface area contributed by atoms with Crippen LogP contribution in [0.2, 0.25) is 0 Å². The zero-order valence-electron chi connectivity index (χ0n) is 19.3. The molecule has 1 fully saturated rings. The molecule has 0 bridgehead atoms. The Balaban J connectivity index is 1.91. The first-order valence-corrected chi connectivity index (χ1v) is 11.3. The van der Waals surface area contributed by atoms with Gasteiger partial charge < -0.3 is 19.9 Å². The average molecular weight is 440 g/mol. The molecule has 0 saturated heterocycles. The molecule has 0 spiro atoms. The van der Waals surface area contributed by atoms with Crippen LogP contribution in [0.25, 0.3) is 0 Å². The smallest absolute Gasteiger partial charge is 0.257 e. The number of methoxy groups -OCH3 is 1. The maximum absolute atomic E-state index is 13.1. The molecule has 1 aliphatic carbocycles. The van der Waals surface area contributed by atoms with Gasteiger partial charge in [0, 0.05) is 25.0 Å². The molecule has 32 heavy (non-hydrogen) atoms. The molecular weight excluding hydrogens is 406 g/mol. The van der Waals surface area contributed by atoms with Crippen molar-refractivity contribution in [1.29, 1.82) is 0 Å². The summed E-state index contributed by atoms with van der Waals surface area (Å²) < 4.78 is 7.14. The number of amides is 2. The lowest BCUT2D eigenvalue weighted by Crippen LogP contribution is -2.37. The summed E-state index contributed by atoms with van der Waals surface area (Å²) in [5.41, 5.74) is 0.318. The lowest BCUT2D eigenvalue weighted by atomic mass is 10.1. The molecule has 0 aliphatic heterocycles. The van der Waals surface area contributed by atoms with Gasteiger partial charge in [-0.25, -0.2) is 0 Å². The second kappa shape index (κ2) is 10.5. The molecule has 1 heterocycles. The third-order valence-electron chi connectivity index (χ3n) is 5.89. The second-order valence-corrected chi connectivity index (χ2v) is 8.88. The molecule has 1 atom stereocenters. The Bertz CT molecular complexity index is 1020. The summed E-state index contributed by atoms with van der Waals surface area (Å²) in [7, 11) is 1.59. The molecule has 2 aromatic rings. The maximum Gasteiger partial charge on any atom is 0.257 e. The van der Waals surface area contributed by atoms with Gasteiger partial charge in [0.15, 0.2) is 0 Å². The summed E-state index contributed by atoms with van der Waals surface area (Å²) in [5.74, 6) is 0.0173. The molecule has 7 heteroatoms. The van der Waals surface area contributed by atoms with Crippen LogP contribution in [0.1, 0.15) is 84.8 Å². The van der Waals surface area contributed by atoms with Gasteiger partial charge >= 0.3 is 0 Å². The van der Waals surface area contributed by atoms with E-state index in [9.17, 15) is 14.4 Å². The van der Waals surface area contributed by atoms with Crippen LogP contribution in [0, 0.1) is 5.92 Å². The van der Waals surface area contributed by atoms with E-state index in [1.807, 2.05) is 49.6 Å². The van der Waals surface area contributed by atoms with E-state index in [0.29, 0.717) is 12.3 Å². The van der Waals surface area contributed by atoms with Crippen molar-refractivity contribution in [2.75, 3.05) is 13.7 Å². The van der Waals surface area contributed by atoms with Crippen molar-refractivity contribution in [2.24, 2.45) is 5.92 Å². The standard InChI is InChI=1S/C25H33N3O4/c1-16(2)13-26-24(30)21-14-28(19-9-5-6-10-19)15-22(23(21)29)25(31)27-17(3)18-8-7-11-20(12-18)32-4/h7-8,11-12,14-17,19H,5-6,9-10,13H2,1-4H3,(H,26,30)(H,27,31)/t17-/m1/s1. The number of rotatable bonds is 8. The highest BCUT2D eigenvalue weighted by Gasteiger charge is 2.24. The predicted molar refractivity (Wildman–Crippen MR) is 124 cm³/mol. The van der Waals surface area contributed by atoms with E-state index >= 15 is 0 Å². The van der Waals surface area contributed by atoms with E-state index < -0.39 is 17.2 Å². The Morgan fingerprint density at radius 2 is 1.75 bits per heavy atom. The fraction of sp³-hybridized carbons (Fsp3) is 0.480. The monoisotopic (exact) mass is 439 g/mol. The first-order valence-electron chi connectivity index (χ1n) is 11.3. The molecule has 1 aromatic carbocycles. The second-order valence-electron chi connectivity index (χ2n) is 8.88. The lowest BCUT2D eigenvalue weighted by molar-refractivity contribution is 0.0937. The Morgan fingerprint density at radius 3 is 2.38 bits per heavy atom. The summed E-state index contributed by atoms with van der Waals surface area (Å²) in [6.45, 7) is 6.29. The topological polar surface area (TPSA) is 89.4 Å². The number of nitrogens with zero attached hydrogens (tertiary/aromatic N) is 1. The largest absolute Gasteiger partial charge is 0.497 e. The molecule has 3 rings (SSSR count). The fourth-order valence-corrected chi connectivity index (χ4v) is 4.00. The maximum atomic E-state index is 13.1. The summed E-state index contributed by atoms with van der Waals surface area (Å²) in [5, 5.41) is 5.70. The Labute approximate surface area is 189 Å². The van der Waals surface area contributed by atoms with Gasteiger partial charge in [0.25, 0.3) is 11.8 Å². The van der Waals surface area contributed by atoms with Crippen LogP contribution in [0.15, 0.2) is 41.5 Å². The molecule has 0 unspecified atom stereocenters. The first kappa shape index (κ1) is 23.6. The Morgan fingerprint density at radius 1 is 1.09 bits per heavy atom. The zero-order valence-corrected chi connectivity index (χ0v) is 19.3. The van der Waals surface area contributed by atoms with Crippen LogP contribution in [0.4, 0.5) is 0 Å². The normalized spacial score (nSPS) is 14.9. The number of carbonyl (C=O) groups is 2. The fourth-order valence-electron chi connectivity index (χ4n) is 4.00. The number of hydrogen-bond acceptors (Lipinski definition) is 4. The van der Waals surface area contributed by atoms with Crippen LogP contribution in [-0.4, -0.2) is 30.0 Å². The Kier molecular flexibility index (Phi) is 7.72. The highest BCUT2D eigenvalue weighted by atomic mass is 16.5. The molecular formula is C25H33N3O4. The number of aromatic nitrogens is 1. The van der Waals surface area contributed by atoms with Gasteiger partial charge in [0.2, 0.25) is 5.43 Å². The van der Waals surface area contributed by atoms with Gasteiger partial charge in [-0.1, -0.05) is 38.8 Å². The van der Waals surface area contributed by atoms with Crippen molar-refractivity contribution in [1.82, 2.24) is 15.2 Å². The highest BCUT2D eigenvalue weighted by molar-refractivity contribution is 5.99. The molecule has 1 aliphatic rings. The zero-order chi connectivity index (χ0) is 23.3. The van der Waals surface area contributed by atoms with Gasteiger partial charge in [0.1, 0.15) is 16.9 Å². The molecule has 172 valence electrons. The number of hydrogen-bond donors (Lipinski definition) is 2. The molecule has 7 nitrogen and oxygen atoms in total. The lowest BCUT2D eigenvalue weighted by Gasteiger charge is -2.19. The van der Waals surface area contributed by atoms with Crippen molar-refractivity contribution >= 4 is 11.8 Å². The number of nitrogens with one attached hydrogen (secondary N) is 2. The molecule has 0 radical (unpaired) electrons. The third-order valence-corrected chi connectivity index (χ3v) is 5.89. The van der Waals surface area contributed by atoms with E-state index in [2.05, 4.69) is 10.6 Å². The van der Waals surface area contributed by atoms with Crippen molar-refractivity contribution < 1.29 is 14.3 Å². The summed E-state index contributed by atoms with van der Waals surface area (Å²) in [6, 6.07) is 7.27. The van der Waals surface area contributed by atoms with Crippen molar-refractivity contribution in [2.45, 2.75) is 58.5 Å².